The molecule has 4 heteroatoms. The van der Waals surface area contributed by atoms with Crippen molar-refractivity contribution >= 4 is 5.69 Å². The Kier molecular flexibility index (Phi) is 2.92. The van der Waals surface area contributed by atoms with E-state index in [1.165, 1.54) is 6.42 Å². The van der Waals surface area contributed by atoms with Gasteiger partial charge in [-0.3, -0.25) is 0 Å². The largest absolute Gasteiger partial charge is 0.369 e. The first-order valence-electron chi connectivity index (χ1n) is 6.63. The Labute approximate surface area is 107 Å². The van der Waals surface area contributed by atoms with Crippen molar-refractivity contribution in [2.24, 2.45) is 17.6 Å². The van der Waals surface area contributed by atoms with Crippen molar-refractivity contribution in [1.29, 1.82) is 5.26 Å². The van der Waals surface area contributed by atoms with Crippen LogP contribution in [0.25, 0.3) is 0 Å². The van der Waals surface area contributed by atoms with E-state index in [1.54, 1.807) is 6.20 Å². The summed E-state index contributed by atoms with van der Waals surface area (Å²) in [5.41, 5.74) is 7.58. The molecule has 2 aliphatic rings. The van der Waals surface area contributed by atoms with E-state index < -0.39 is 0 Å². The first-order chi connectivity index (χ1) is 8.78. The Morgan fingerprint density at radius 2 is 2.17 bits per heavy atom. The fraction of sp³-hybridized carbons (Fsp3) is 0.571. The van der Waals surface area contributed by atoms with Crippen LogP contribution in [0.2, 0.25) is 0 Å². The Morgan fingerprint density at radius 3 is 3.00 bits per heavy atom. The highest BCUT2D eigenvalue weighted by atomic mass is 15.2. The molecule has 3 rings (SSSR count). The van der Waals surface area contributed by atoms with Gasteiger partial charge >= 0.3 is 0 Å². The summed E-state index contributed by atoms with van der Waals surface area (Å²) in [5, 5.41) is 9.12. The van der Waals surface area contributed by atoms with E-state index in [2.05, 4.69) is 16.0 Å². The number of nitrogens with zero attached hydrogens (tertiary/aromatic N) is 3. The summed E-state index contributed by atoms with van der Waals surface area (Å²) < 4.78 is 0. The lowest BCUT2D eigenvalue weighted by Gasteiger charge is -2.27. The molecule has 1 aliphatic heterocycles. The molecule has 3 atom stereocenters. The van der Waals surface area contributed by atoms with Gasteiger partial charge in [-0.25, -0.2) is 4.98 Å². The first-order valence-corrected chi connectivity index (χ1v) is 6.63. The highest BCUT2D eigenvalue weighted by molar-refractivity contribution is 5.56. The van der Waals surface area contributed by atoms with Crippen LogP contribution in [0, 0.1) is 23.2 Å². The number of hydrogen-bond donors (Lipinski definition) is 1. The van der Waals surface area contributed by atoms with Gasteiger partial charge in [0.15, 0.2) is 5.69 Å². The second-order valence-electron chi connectivity index (χ2n) is 5.48. The van der Waals surface area contributed by atoms with Crippen molar-refractivity contribution in [1.82, 2.24) is 4.98 Å². The molecule has 0 radical (unpaired) electrons. The van der Waals surface area contributed by atoms with E-state index in [0.29, 0.717) is 17.7 Å². The number of pyridine rings is 1. The Balaban J connectivity index is 1.81. The van der Waals surface area contributed by atoms with Gasteiger partial charge in [-0.05, 0) is 43.2 Å². The normalized spacial score (nSPS) is 30.9. The lowest BCUT2D eigenvalue weighted by Crippen LogP contribution is -2.32. The number of fused-ring (bicyclic) bond motifs is 1. The fourth-order valence-electron chi connectivity index (χ4n) is 3.40. The summed E-state index contributed by atoms with van der Waals surface area (Å²) in [6.45, 7) is 2.08. The van der Waals surface area contributed by atoms with Crippen LogP contribution >= 0.6 is 0 Å². The van der Waals surface area contributed by atoms with Gasteiger partial charge in [0.25, 0.3) is 0 Å². The lowest BCUT2D eigenvalue weighted by molar-refractivity contribution is 0.271. The van der Waals surface area contributed by atoms with Crippen molar-refractivity contribution in [3.63, 3.8) is 0 Å². The van der Waals surface area contributed by atoms with Crippen molar-refractivity contribution in [2.75, 3.05) is 18.0 Å². The van der Waals surface area contributed by atoms with Crippen LogP contribution in [0.3, 0.4) is 0 Å². The predicted octanol–water partition coefficient (Wildman–Crippen LogP) is 1.52. The third-order valence-corrected chi connectivity index (χ3v) is 4.32. The molecule has 94 valence electrons. The van der Waals surface area contributed by atoms with Crippen LogP contribution in [0.4, 0.5) is 5.69 Å². The molecular formula is C14H18N4. The maximum absolute atomic E-state index is 9.12. The van der Waals surface area contributed by atoms with Crippen LogP contribution in [0.15, 0.2) is 18.3 Å². The smallest absolute Gasteiger partial charge is 0.163 e. The van der Waals surface area contributed by atoms with Gasteiger partial charge in [0.05, 0.1) is 5.69 Å². The average Bonchev–Trinajstić information content (AvgIpc) is 2.81. The Morgan fingerprint density at radius 1 is 1.33 bits per heavy atom. The maximum Gasteiger partial charge on any atom is 0.163 e. The monoisotopic (exact) mass is 242 g/mol. The third-order valence-electron chi connectivity index (χ3n) is 4.32. The molecule has 0 bridgehead atoms. The summed E-state index contributed by atoms with van der Waals surface area (Å²) in [5.74, 6) is 1.44. The molecule has 1 aliphatic carbocycles. The number of nitrogens with two attached hydrogens (primary N) is 1. The van der Waals surface area contributed by atoms with E-state index >= 15 is 0 Å². The minimum absolute atomic E-state index is 0.371. The molecule has 1 aromatic rings. The highest BCUT2D eigenvalue weighted by Gasteiger charge is 2.37. The van der Waals surface area contributed by atoms with E-state index in [4.69, 9.17) is 11.0 Å². The maximum atomic E-state index is 9.12. The Hall–Kier alpha value is -1.60. The summed E-state index contributed by atoms with van der Waals surface area (Å²) in [4.78, 5) is 6.46. The summed E-state index contributed by atoms with van der Waals surface area (Å²) in [6, 6.07) is 6.47. The van der Waals surface area contributed by atoms with E-state index in [-0.39, 0.29) is 0 Å². The van der Waals surface area contributed by atoms with Gasteiger partial charge in [-0.2, -0.15) is 5.26 Å². The van der Waals surface area contributed by atoms with Crippen LogP contribution in [0.1, 0.15) is 25.0 Å². The number of aromatic nitrogens is 1. The van der Waals surface area contributed by atoms with Gasteiger partial charge in [0.2, 0.25) is 0 Å². The zero-order valence-corrected chi connectivity index (χ0v) is 10.4. The molecule has 0 amide bonds. The van der Waals surface area contributed by atoms with Crippen molar-refractivity contribution in [2.45, 2.75) is 25.3 Å². The van der Waals surface area contributed by atoms with Gasteiger partial charge in [0.1, 0.15) is 6.07 Å². The third kappa shape index (κ3) is 1.95. The molecule has 1 saturated heterocycles. The topological polar surface area (TPSA) is 65.9 Å². The molecule has 4 nitrogen and oxygen atoms in total. The van der Waals surface area contributed by atoms with Crippen LogP contribution < -0.4 is 10.6 Å². The Bertz CT molecular complexity index is 479. The highest BCUT2D eigenvalue weighted by Crippen LogP contribution is 2.38. The zero-order chi connectivity index (χ0) is 12.5. The number of anilines is 1. The number of rotatable bonds is 1. The van der Waals surface area contributed by atoms with Gasteiger partial charge < -0.3 is 10.6 Å². The van der Waals surface area contributed by atoms with Gasteiger partial charge in [0, 0.05) is 25.3 Å². The molecule has 0 aromatic carbocycles. The van der Waals surface area contributed by atoms with Crippen LogP contribution in [0.5, 0.6) is 0 Å². The van der Waals surface area contributed by atoms with E-state index in [1.807, 2.05) is 12.1 Å². The predicted molar refractivity (Wildman–Crippen MR) is 70.0 cm³/mol. The van der Waals surface area contributed by atoms with Crippen LogP contribution in [-0.4, -0.2) is 24.1 Å². The minimum Gasteiger partial charge on any atom is -0.369 e. The second-order valence-corrected chi connectivity index (χ2v) is 5.48. The van der Waals surface area contributed by atoms with Gasteiger partial charge in [-0.15, -0.1) is 0 Å². The molecule has 1 unspecified atom stereocenters. The zero-order valence-electron chi connectivity index (χ0n) is 10.4. The molecule has 2 heterocycles. The fourth-order valence-corrected chi connectivity index (χ4v) is 3.40. The van der Waals surface area contributed by atoms with E-state index in [0.717, 1.165) is 37.5 Å². The standard InChI is InChI=1S/C14H18N4/c15-7-13-14(2-1-5-17-13)18-8-10-3-4-12(16)6-11(10)9-18/h1-2,5,10-12H,3-4,6,8-9,16H2/t10-,11+,12?/m1/s1. The molecule has 1 aromatic heterocycles. The molecule has 0 spiro atoms. The molecule has 2 fully saturated rings. The lowest BCUT2D eigenvalue weighted by atomic mass is 9.79. The first kappa shape index (κ1) is 11.5. The van der Waals surface area contributed by atoms with Gasteiger partial charge in [-0.1, -0.05) is 0 Å². The number of nitriles is 1. The molecular weight excluding hydrogens is 224 g/mol. The van der Waals surface area contributed by atoms with Crippen molar-refractivity contribution < 1.29 is 0 Å². The minimum atomic E-state index is 0.371. The molecule has 2 N–H and O–H groups in total. The number of hydrogen-bond acceptors (Lipinski definition) is 4. The summed E-state index contributed by atoms with van der Waals surface area (Å²) in [6.07, 6.45) is 5.18. The second kappa shape index (κ2) is 4.58. The SMILES string of the molecule is N#Cc1ncccc1N1C[C@H]2CCC(N)C[C@H]2C1. The molecule has 18 heavy (non-hydrogen) atoms. The summed E-state index contributed by atoms with van der Waals surface area (Å²) in [7, 11) is 0. The van der Waals surface area contributed by atoms with Crippen LogP contribution in [-0.2, 0) is 0 Å². The quantitative estimate of drug-likeness (QED) is 0.810. The summed E-state index contributed by atoms with van der Waals surface area (Å²) >= 11 is 0. The average molecular weight is 242 g/mol. The van der Waals surface area contributed by atoms with E-state index in [9.17, 15) is 0 Å². The van der Waals surface area contributed by atoms with Crippen molar-refractivity contribution in [3.8, 4) is 6.07 Å². The molecule has 1 saturated carbocycles. The van der Waals surface area contributed by atoms with Crippen molar-refractivity contribution in [3.05, 3.63) is 24.0 Å².